The average molecular weight is 349 g/mol. The second-order valence-electron chi connectivity index (χ2n) is 8.22. The Morgan fingerprint density at radius 3 is 2.60 bits per heavy atom. The van der Waals surface area contributed by atoms with E-state index in [0.717, 1.165) is 44.6 Å². The number of hydrogen-bond acceptors (Lipinski definition) is 4. The van der Waals surface area contributed by atoms with Crippen LogP contribution in [0.2, 0.25) is 0 Å². The minimum atomic E-state index is -0.508. The second kappa shape index (κ2) is 6.65. The number of nitrogens with zero attached hydrogens (tertiary/aromatic N) is 3. The summed E-state index contributed by atoms with van der Waals surface area (Å²) < 4.78 is 13.0. The lowest BCUT2D eigenvalue weighted by Gasteiger charge is -2.55. The zero-order valence-corrected chi connectivity index (χ0v) is 15.3. The SMILES string of the molecule is CC(=O)N1CC2(CCN(Cc3ccc(F)cn3)CC2)C[C@H](O)C1(C)C. The topological polar surface area (TPSA) is 56.7 Å². The number of aliphatic hydroxyl groups excluding tert-OH is 1. The molecule has 2 aliphatic rings. The maximum Gasteiger partial charge on any atom is 0.219 e. The second-order valence-corrected chi connectivity index (χ2v) is 8.22. The number of aliphatic hydroxyl groups is 1. The maximum atomic E-state index is 13.0. The van der Waals surface area contributed by atoms with Crippen molar-refractivity contribution in [2.75, 3.05) is 19.6 Å². The highest BCUT2D eigenvalue weighted by Gasteiger charge is 2.50. The van der Waals surface area contributed by atoms with E-state index in [0.29, 0.717) is 6.54 Å². The molecule has 6 heteroatoms. The van der Waals surface area contributed by atoms with E-state index in [4.69, 9.17) is 0 Å². The first-order valence-corrected chi connectivity index (χ1v) is 9.01. The van der Waals surface area contributed by atoms with Gasteiger partial charge in [-0.25, -0.2) is 4.39 Å². The van der Waals surface area contributed by atoms with Crippen molar-refractivity contribution in [1.29, 1.82) is 0 Å². The number of rotatable bonds is 2. The van der Waals surface area contributed by atoms with E-state index in [1.54, 1.807) is 13.0 Å². The van der Waals surface area contributed by atoms with Crippen LogP contribution in [0, 0.1) is 11.2 Å². The Bertz CT molecular complexity index is 624. The highest BCUT2D eigenvalue weighted by Crippen LogP contribution is 2.45. The first-order chi connectivity index (χ1) is 11.7. The van der Waals surface area contributed by atoms with Gasteiger partial charge in [0.2, 0.25) is 5.91 Å². The molecule has 1 aromatic heterocycles. The minimum absolute atomic E-state index is 0.00662. The molecule has 3 rings (SSSR count). The molecule has 1 spiro atoms. The molecule has 0 aliphatic carbocycles. The third-order valence-electron chi connectivity index (χ3n) is 6.10. The quantitative estimate of drug-likeness (QED) is 0.889. The number of pyridine rings is 1. The molecule has 0 unspecified atom stereocenters. The Kier molecular flexibility index (Phi) is 4.86. The summed E-state index contributed by atoms with van der Waals surface area (Å²) in [6, 6.07) is 3.17. The Morgan fingerprint density at radius 1 is 1.36 bits per heavy atom. The van der Waals surface area contributed by atoms with Gasteiger partial charge in [-0.3, -0.25) is 14.7 Å². The van der Waals surface area contributed by atoms with Crippen LogP contribution in [0.3, 0.4) is 0 Å². The van der Waals surface area contributed by atoms with Gasteiger partial charge in [-0.1, -0.05) is 0 Å². The number of piperidine rings is 2. The molecule has 5 nitrogen and oxygen atoms in total. The Labute approximate surface area is 148 Å². The van der Waals surface area contributed by atoms with E-state index < -0.39 is 11.6 Å². The highest BCUT2D eigenvalue weighted by molar-refractivity contribution is 5.74. The smallest absolute Gasteiger partial charge is 0.219 e. The summed E-state index contributed by atoms with van der Waals surface area (Å²) in [6.45, 7) is 8.71. The third-order valence-corrected chi connectivity index (χ3v) is 6.10. The fourth-order valence-corrected chi connectivity index (χ4v) is 4.24. The molecule has 1 atom stereocenters. The first-order valence-electron chi connectivity index (χ1n) is 9.01. The predicted octanol–water partition coefficient (Wildman–Crippen LogP) is 2.19. The van der Waals surface area contributed by atoms with Crippen molar-refractivity contribution in [3.8, 4) is 0 Å². The highest BCUT2D eigenvalue weighted by atomic mass is 19.1. The summed E-state index contributed by atoms with van der Waals surface area (Å²) in [7, 11) is 0. The maximum absolute atomic E-state index is 13.0. The number of halogens is 1. The van der Waals surface area contributed by atoms with Gasteiger partial charge in [-0.2, -0.15) is 0 Å². The number of carbonyl (C=O) groups excluding carboxylic acids is 1. The number of carbonyl (C=O) groups is 1. The van der Waals surface area contributed by atoms with Crippen LogP contribution in [-0.4, -0.2) is 57.1 Å². The van der Waals surface area contributed by atoms with Gasteiger partial charge in [-0.15, -0.1) is 0 Å². The molecule has 0 aromatic carbocycles. The molecule has 1 amide bonds. The van der Waals surface area contributed by atoms with Gasteiger partial charge in [0.05, 0.1) is 23.5 Å². The summed E-state index contributed by atoms with van der Waals surface area (Å²) in [5, 5.41) is 10.6. The average Bonchev–Trinajstić information content (AvgIpc) is 2.55. The Morgan fingerprint density at radius 2 is 2.04 bits per heavy atom. The van der Waals surface area contributed by atoms with Crippen molar-refractivity contribution in [2.45, 2.75) is 58.2 Å². The predicted molar refractivity (Wildman–Crippen MR) is 93.2 cm³/mol. The fraction of sp³-hybridized carbons (Fsp3) is 0.684. The normalized spacial score (nSPS) is 26.0. The first kappa shape index (κ1) is 18.3. The van der Waals surface area contributed by atoms with Gasteiger partial charge in [0, 0.05) is 20.0 Å². The van der Waals surface area contributed by atoms with Crippen LogP contribution < -0.4 is 0 Å². The third kappa shape index (κ3) is 3.70. The van der Waals surface area contributed by atoms with E-state index in [-0.39, 0.29) is 17.1 Å². The minimum Gasteiger partial charge on any atom is -0.391 e. The van der Waals surface area contributed by atoms with Crippen molar-refractivity contribution in [3.05, 3.63) is 29.8 Å². The molecule has 1 aromatic rings. The van der Waals surface area contributed by atoms with E-state index in [9.17, 15) is 14.3 Å². The molecular formula is C19H28FN3O2. The molecule has 2 aliphatic heterocycles. The van der Waals surface area contributed by atoms with Crippen LogP contribution in [0.1, 0.15) is 45.7 Å². The number of amides is 1. The largest absolute Gasteiger partial charge is 0.391 e. The number of likely N-dealkylation sites (tertiary alicyclic amines) is 2. The molecule has 25 heavy (non-hydrogen) atoms. The molecule has 1 N–H and O–H groups in total. The van der Waals surface area contributed by atoms with Crippen LogP contribution in [0.5, 0.6) is 0 Å². The lowest BCUT2D eigenvalue weighted by Crippen LogP contribution is -2.64. The molecular weight excluding hydrogens is 321 g/mol. The van der Waals surface area contributed by atoms with Crippen molar-refractivity contribution < 1.29 is 14.3 Å². The molecule has 2 saturated heterocycles. The van der Waals surface area contributed by atoms with Crippen LogP contribution in [0.15, 0.2) is 18.3 Å². The monoisotopic (exact) mass is 349 g/mol. The lowest BCUT2D eigenvalue weighted by atomic mass is 9.67. The molecule has 138 valence electrons. The van der Waals surface area contributed by atoms with Gasteiger partial charge in [0.1, 0.15) is 5.82 Å². The summed E-state index contributed by atoms with van der Waals surface area (Å²) in [5.74, 6) is -0.287. The number of hydrogen-bond donors (Lipinski definition) is 1. The van der Waals surface area contributed by atoms with E-state index in [2.05, 4.69) is 9.88 Å². The van der Waals surface area contributed by atoms with Crippen molar-refractivity contribution in [2.24, 2.45) is 5.41 Å². The van der Waals surface area contributed by atoms with E-state index >= 15 is 0 Å². The number of aromatic nitrogens is 1. The molecule has 3 heterocycles. The Balaban J connectivity index is 1.64. The van der Waals surface area contributed by atoms with Crippen molar-refractivity contribution in [1.82, 2.24) is 14.8 Å². The lowest BCUT2D eigenvalue weighted by molar-refractivity contribution is -0.157. The zero-order valence-electron chi connectivity index (χ0n) is 15.3. The van der Waals surface area contributed by atoms with Crippen LogP contribution in [0.4, 0.5) is 4.39 Å². The van der Waals surface area contributed by atoms with Gasteiger partial charge >= 0.3 is 0 Å². The molecule has 2 fully saturated rings. The van der Waals surface area contributed by atoms with Crippen LogP contribution >= 0.6 is 0 Å². The van der Waals surface area contributed by atoms with Crippen molar-refractivity contribution in [3.63, 3.8) is 0 Å². The summed E-state index contributed by atoms with van der Waals surface area (Å²) in [5.41, 5.74) is 0.354. The summed E-state index contributed by atoms with van der Waals surface area (Å²) in [4.78, 5) is 20.4. The van der Waals surface area contributed by atoms with Crippen LogP contribution in [-0.2, 0) is 11.3 Å². The molecule has 0 saturated carbocycles. The van der Waals surface area contributed by atoms with Gasteiger partial charge in [0.25, 0.3) is 0 Å². The zero-order chi connectivity index (χ0) is 18.2. The van der Waals surface area contributed by atoms with E-state index in [1.165, 1.54) is 12.3 Å². The van der Waals surface area contributed by atoms with Crippen LogP contribution in [0.25, 0.3) is 0 Å². The molecule has 0 radical (unpaired) electrons. The van der Waals surface area contributed by atoms with Gasteiger partial charge < -0.3 is 10.0 Å². The van der Waals surface area contributed by atoms with Gasteiger partial charge in [0.15, 0.2) is 0 Å². The van der Waals surface area contributed by atoms with Gasteiger partial charge in [-0.05, 0) is 63.7 Å². The standard InChI is InChI=1S/C19H28FN3O2/c1-14(24)23-13-19(10-17(25)18(23,2)3)6-8-22(9-7-19)12-16-5-4-15(20)11-21-16/h4-5,11,17,25H,6-10,12-13H2,1-3H3/t17-/m0/s1. The summed E-state index contributed by atoms with van der Waals surface area (Å²) >= 11 is 0. The Hall–Kier alpha value is -1.53. The molecule has 0 bridgehead atoms. The summed E-state index contributed by atoms with van der Waals surface area (Å²) in [6.07, 6.45) is 3.39. The van der Waals surface area contributed by atoms with E-state index in [1.807, 2.05) is 18.7 Å². The fourth-order valence-electron chi connectivity index (χ4n) is 4.24. The van der Waals surface area contributed by atoms with Crippen molar-refractivity contribution >= 4 is 5.91 Å².